The Bertz CT molecular complexity index is 2320. The van der Waals surface area contributed by atoms with E-state index in [9.17, 15) is 28.8 Å². The van der Waals surface area contributed by atoms with Crippen LogP contribution < -0.4 is 27.0 Å². The molecule has 0 radical (unpaired) electrons. The maximum atomic E-state index is 14.2. The van der Waals surface area contributed by atoms with E-state index in [0.29, 0.717) is 49.9 Å². The number of hydrogen-bond donors (Lipinski definition) is 4. The van der Waals surface area contributed by atoms with Crippen molar-refractivity contribution in [1.29, 1.82) is 0 Å². The maximum absolute atomic E-state index is 14.2. The van der Waals surface area contributed by atoms with Gasteiger partial charge in [-0.3, -0.25) is 19.2 Å². The number of benzene rings is 4. The number of carbonyl (C=O) groups excluding carboxylic acids is 6. The van der Waals surface area contributed by atoms with Gasteiger partial charge >= 0.3 is 12.2 Å². The van der Waals surface area contributed by atoms with E-state index < -0.39 is 59.0 Å². The van der Waals surface area contributed by atoms with E-state index >= 15 is 0 Å². The first-order chi connectivity index (χ1) is 32.1. The third-order valence-electron chi connectivity index (χ3n) is 14.1. The number of alkyl carbamates (subject to hydrolysis) is 2. The summed E-state index contributed by atoms with van der Waals surface area (Å²) >= 11 is 0. The summed E-state index contributed by atoms with van der Waals surface area (Å²) in [7, 11) is 2.47. The number of nitrogens with one attached hydrogen (secondary N) is 2. The third-order valence-corrected chi connectivity index (χ3v) is 14.1. The van der Waals surface area contributed by atoms with Crippen molar-refractivity contribution >= 4 is 41.5 Å². The molecule has 6 atom stereocenters. The summed E-state index contributed by atoms with van der Waals surface area (Å²) in [6, 6.07) is 32.2. The van der Waals surface area contributed by atoms with Gasteiger partial charge < -0.3 is 46.3 Å². The lowest BCUT2D eigenvalue weighted by Crippen LogP contribution is -2.59. The van der Waals surface area contributed by atoms with Gasteiger partial charge in [-0.1, -0.05) is 119 Å². The minimum atomic E-state index is -1.41. The molecule has 3 aliphatic heterocycles. The average Bonchev–Trinajstić information content (AvgIpc) is 4.11. The number of nitrogens with zero attached hydrogens (tertiary/aromatic N) is 3. The number of anilines is 1. The fourth-order valence-electron chi connectivity index (χ4n) is 10.6. The van der Waals surface area contributed by atoms with E-state index in [1.807, 2.05) is 94.4 Å². The normalized spacial score (nSPS) is 22.4. The zero-order valence-electron chi connectivity index (χ0n) is 39.2. The minimum Gasteiger partial charge on any atom is -0.453 e. The number of primary amides is 2. The quantitative estimate of drug-likeness (QED) is 0.105. The van der Waals surface area contributed by atoms with E-state index in [1.54, 1.807) is 0 Å². The van der Waals surface area contributed by atoms with E-state index in [0.717, 1.165) is 40.8 Å². The number of likely N-dealkylation sites (tertiary alicyclic amines) is 2. The predicted octanol–water partition coefficient (Wildman–Crippen LogP) is 6.80. The highest BCUT2D eigenvalue weighted by atomic mass is 16.5. The van der Waals surface area contributed by atoms with Gasteiger partial charge in [0.25, 0.3) is 0 Å². The van der Waals surface area contributed by atoms with E-state index in [2.05, 4.69) is 51.9 Å². The molecule has 0 bridgehead atoms. The molecular formula is C52H63N7O8. The van der Waals surface area contributed by atoms with Crippen molar-refractivity contribution in [2.45, 2.75) is 101 Å². The first-order valence-electron chi connectivity index (χ1n) is 23.2. The fourth-order valence-corrected chi connectivity index (χ4v) is 10.6. The van der Waals surface area contributed by atoms with Crippen LogP contribution in [0.25, 0.3) is 11.1 Å². The molecule has 6 N–H and O–H groups in total. The highest BCUT2D eigenvalue weighted by Crippen LogP contribution is 2.49. The molecule has 4 aromatic rings. The average molecular weight is 914 g/mol. The van der Waals surface area contributed by atoms with Crippen LogP contribution >= 0.6 is 0 Å². The molecule has 0 saturated carbocycles. The van der Waals surface area contributed by atoms with Gasteiger partial charge in [0.15, 0.2) is 0 Å². The molecule has 0 aromatic heterocycles. The van der Waals surface area contributed by atoms with Gasteiger partial charge in [0.2, 0.25) is 23.6 Å². The van der Waals surface area contributed by atoms with Crippen molar-refractivity contribution in [3.8, 4) is 11.1 Å². The molecule has 6 amide bonds. The van der Waals surface area contributed by atoms with Gasteiger partial charge in [0.05, 0.1) is 26.3 Å². The van der Waals surface area contributed by atoms with E-state index in [1.165, 1.54) is 24.0 Å². The number of carbonyl (C=O) groups is 6. The number of hydrogen-bond acceptors (Lipinski definition) is 9. The van der Waals surface area contributed by atoms with Crippen LogP contribution in [0.15, 0.2) is 103 Å². The summed E-state index contributed by atoms with van der Waals surface area (Å²) in [6.45, 7) is 7.87. The molecule has 15 heteroatoms. The zero-order valence-corrected chi connectivity index (χ0v) is 39.2. The monoisotopic (exact) mass is 913 g/mol. The zero-order chi connectivity index (χ0) is 48.2. The highest BCUT2D eigenvalue weighted by Gasteiger charge is 2.53. The second-order valence-electron chi connectivity index (χ2n) is 18.5. The molecule has 3 fully saturated rings. The van der Waals surface area contributed by atoms with Crippen molar-refractivity contribution in [3.05, 3.63) is 125 Å². The SMILES string of the molecule is COC(=O)N[C@H](C(=O)N1CCC[C@@]1(C(N)=O)c1ccc([C@H]2CC[C@H](c3ccc([C@]4(C(N)=O)CCCN4C(=O)[C@@H](NC(=O)OC)C(C)C)cc3)N2c2ccc(-c3ccccc3)cc2)cc1)C(C)C. The molecule has 0 aliphatic carbocycles. The molecule has 3 heterocycles. The van der Waals surface area contributed by atoms with Crippen LogP contribution in [0, 0.1) is 11.8 Å². The summed E-state index contributed by atoms with van der Waals surface area (Å²) in [5, 5.41) is 5.30. The predicted molar refractivity (Wildman–Crippen MR) is 254 cm³/mol. The molecule has 354 valence electrons. The number of ether oxygens (including phenoxy) is 2. The first kappa shape index (κ1) is 48.0. The van der Waals surface area contributed by atoms with Crippen LogP contribution in [-0.4, -0.2) is 85.0 Å². The summed E-state index contributed by atoms with van der Waals surface area (Å²) in [5.74, 6) is -2.66. The second kappa shape index (κ2) is 19.9. The van der Waals surface area contributed by atoms with Gasteiger partial charge in [-0.2, -0.15) is 0 Å². The smallest absolute Gasteiger partial charge is 0.407 e. The second-order valence-corrected chi connectivity index (χ2v) is 18.5. The van der Waals surface area contributed by atoms with Gasteiger partial charge in [-0.25, -0.2) is 9.59 Å². The Morgan fingerprint density at radius 1 is 0.567 bits per heavy atom. The Kier molecular flexibility index (Phi) is 14.3. The van der Waals surface area contributed by atoms with Crippen molar-refractivity contribution in [1.82, 2.24) is 20.4 Å². The van der Waals surface area contributed by atoms with Crippen molar-refractivity contribution < 1.29 is 38.2 Å². The van der Waals surface area contributed by atoms with Crippen molar-refractivity contribution in [2.24, 2.45) is 23.3 Å². The van der Waals surface area contributed by atoms with Crippen LogP contribution in [0.4, 0.5) is 15.3 Å². The molecule has 4 aromatic carbocycles. The number of amides is 6. The van der Waals surface area contributed by atoms with Crippen molar-refractivity contribution in [3.63, 3.8) is 0 Å². The van der Waals surface area contributed by atoms with Gasteiger partial charge in [0.1, 0.15) is 23.2 Å². The van der Waals surface area contributed by atoms with Gasteiger partial charge in [0, 0.05) is 18.8 Å². The number of rotatable bonds is 14. The third kappa shape index (κ3) is 9.03. The molecule has 0 spiro atoms. The standard InChI is InChI=1S/C52H63N7O8/c1-32(2)43(55-49(64)66-5)45(60)57-30-10-28-51(57,47(53)62)38-20-14-36(15-21-38)41-26-27-42(59(41)40-24-18-35(19-25-40)34-12-8-7-9-13-34)37-16-22-39(23-17-37)52(48(54)63)29-11-31-58(52)46(61)44(33(3)4)56-50(65)67-6/h7-9,12-25,32-33,41-44H,10-11,26-31H2,1-6H3,(H2,53,62)(H2,54,63)(H,55,64)(H,56,65)/t41-,42-,43+,44+,51+,52+/m1/s1. The molecule has 3 aliphatic rings. The van der Waals surface area contributed by atoms with Crippen LogP contribution in [0.3, 0.4) is 0 Å². The summed E-state index contributed by atoms with van der Waals surface area (Å²) < 4.78 is 9.62. The molecule has 3 saturated heterocycles. The topological polar surface area (TPSA) is 207 Å². The minimum absolute atomic E-state index is 0.100. The maximum Gasteiger partial charge on any atom is 0.407 e. The molecular weight excluding hydrogens is 851 g/mol. The van der Waals surface area contributed by atoms with E-state index in [4.69, 9.17) is 20.9 Å². The van der Waals surface area contributed by atoms with Crippen LogP contribution in [0.2, 0.25) is 0 Å². The van der Waals surface area contributed by atoms with Gasteiger partial charge in [-0.15, -0.1) is 0 Å². The molecule has 7 rings (SSSR count). The Labute approximate surface area is 392 Å². The van der Waals surface area contributed by atoms with Crippen molar-refractivity contribution in [2.75, 3.05) is 32.2 Å². The van der Waals surface area contributed by atoms with E-state index in [-0.39, 0.29) is 23.9 Å². The Morgan fingerprint density at radius 2 is 0.955 bits per heavy atom. The molecule has 0 unspecified atom stereocenters. The lowest BCUT2D eigenvalue weighted by atomic mass is 9.84. The Hall–Kier alpha value is -6.90. The first-order valence-corrected chi connectivity index (χ1v) is 23.2. The van der Waals surface area contributed by atoms with Crippen LogP contribution in [0.1, 0.15) is 101 Å². The molecule has 67 heavy (non-hydrogen) atoms. The summed E-state index contributed by atoms with van der Waals surface area (Å²) in [4.78, 5) is 85.5. The summed E-state index contributed by atoms with van der Waals surface area (Å²) in [6.07, 6.45) is 1.86. The lowest BCUT2D eigenvalue weighted by Gasteiger charge is -2.39. The Morgan fingerprint density at radius 3 is 1.31 bits per heavy atom. The largest absolute Gasteiger partial charge is 0.453 e. The Balaban J connectivity index is 1.23. The number of methoxy groups -OCH3 is 2. The fraction of sp³-hybridized carbons (Fsp3) is 0.423. The van der Waals surface area contributed by atoms with Gasteiger partial charge in [-0.05, 0) is 95.9 Å². The number of nitrogens with two attached hydrogens (primary N) is 2. The summed E-state index contributed by atoms with van der Waals surface area (Å²) in [5.41, 5.74) is 16.0. The molecule has 15 nitrogen and oxygen atoms in total. The van der Waals surface area contributed by atoms with Crippen LogP contribution in [-0.2, 0) is 39.7 Å². The van der Waals surface area contributed by atoms with Crippen LogP contribution in [0.5, 0.6) is 0 Å². The highest BCUT2D eigenvalue weighted by molar-refractivity contribution is 5.96. The lowest BCUT2D eigenvalue weighted by molar-refractivity contribution is -0.146.